The number of ether oxygens (including phenoxy) is 1. The lowest BCUT2D eigenvalue weighted by Crippen LogP contribution is -2.44. The average molecular weight is 275 g/mol. The van der Waals surface area contributed by atoms with Gasteiger partial charge in [0.1, 0.15) is 0 Å². The Morgan fingerprint density at radius 3 is 2.85 bits per heavy atom. The highest BCUT2D eigenvalue weighted by Gasteiger charge is 2.28. The van der Waals surface area contributed by atoms with E-state index in [1.54, 1.807) is 0 Å². The number of hydrogen-bond acceptors (Lipinski definition) is 4. The number of rotatable bonds is 3. The molecule has 20 heavy (non-hydrogen) atoms. The number of morpholine rings is 1. The van der Waals surface area contributed by atoms with Gasteiger partial charge in [-0.25, -0.2) is 0 Å². The molecule has 2 N–H and O–H groups in total. The molecule has 0 bridgehead atoms. The molecule has 0 radical (unpaired) electrons. The van der Waals surface area contributed by atoms with Gasteiger partial charge in [-0.1, -0.05) is 17.7 Å². The molecule has 0 amide bonds. The zero-order chi connectivity index (χ0) is 13.9. The second-order valence-electron chi connectivity index (χ2n) is 6.03. The van der Waals surface area contributed by atoms with Crippen LogP contribution in [0.1, 0.15) is 17.5 Å². The second kappa shape index (κ2) is 6.12. The molecule has 1 atom stereocenters. The van der Waals surface area contributed by atoms with Gasteiger partial charge in [-0.15, -0.1) is 0 Å². The molecule has 1 aromatic rings. The van der Waals surface area contributed by atoms with Gasteiger partial charge in [0, 0.05) is 44.5 Å². The maximum Gasteiger partial charge on any atom is 0.0594 e. The maximum atomic E-state index is 6.09. The highest BCUT2D eigenvalue weighted by molar-refractivity contribution is 5.48. The van der Waals surface area contributed by atoms with E-state index in [-0.39, 0.29) is 0 Å². The van der Waals surface area contributed by atoms with Crippen molar-refractivity contribution in [3.8, 4) is 0 Å². The molecule has 4 nitrogen and oxygen atoms in total. The van der Waals surface area contributed by atoms with Gasteiger partial charge in [0.05, 0.1) is 13.2 Å². The predicted molar refractivity (Wildman–Crippen MR) is 81.7 cm³/mol. The van der Waals surface area contributed by atoms with Gasteiger partial charge in [-0.2, -0.15) is 0 Å². The van der Waals surface area contributed by atoms with Crippen molar-refractivity contribution in [2.75, 3.05) is 45.1 Å². The Labute approximate surface area is 121 Å². The van der Waals surface area contributed by atoms with Crippen LogP contribution >= 0.6 is 0 Å². The van der Waals surface area contributed by atoms with Crippen molar-refractivity contribution in [1.82, 2.24) is 9.80 Å². The number of nitrogen functional groups attached to an aromatic ring is 1. The van der Waals surface area contributed by atoms with Gasteiger partial charge in [-0.3, -0.25) is 9.80 Å². The van der Waals surface area contributed by atoms with Crippen LogP contribution in [0.5, 0.6) is 0 Å². The lowest BCUT2D eigenvalue weighted by atomic mass is 10.1. The molecule has 4 heteroatoms. The number of nitrogens with two attached hydrogens (primary N) is 1. The quantitative estimate of drug-likeness (QED) is 0.849. The summed E-state index contributed by atoms with van der Waals surface area (Å²) in [6.45, 7) is 9.40. The lowest BCUT2D eigenvalue weighted by Gasteiger charge is -2.32. The molecule has 3 rings (SSSR count). The van der Waals surface area contributed by atoms with Crippen LogP contribution in [0.3, 0.4) is 0 Å². The van der Waals surface area contributed by atoms with Crippen LogP contribution in [0.15, 0.2) is 18.2 Å². The number of benzene rings is 1. The van der Waals surface area contributed by atoms with Crippen molar-refractivity contribution in [1.29, 1.82) is 0 Å². The summed E-state index contributed by atoms with van der Waals surface area (Å²) in [7, 11) is 0. The van der Waals surface area contributed by atoms with Crippen LogP contribution < -0.4 is 5.73 Å². The molecule has 0 spiro atoms. The number of likely N-dealkylation sites (tertiary alicyclic amines) is 1. The molecule has 2 aliphatic rings. The standard InChI is InChI=1S/C16H25N3O/c1-13-2-3-16(17)14(10-13)11-18-5-4-15(12-18)19-6-8-20-9-7-19/h2-3,10,15H,4-9,11-12,17H2,1H3. The van der Waals surface area contributed by atoms with Gasteiger partial charge in [0.25, 0.3) is 0 Å². The molecule has 110 valence electrons. The molecular formula is C16H25N3O. The van der Waals surface area contributed by atoms with E-state index in [0.717, 1.165) is 45.1 Å². The molecule has 2 heterocycles. The van der Waals surface area contributed by atoms with E-state index in [0.29, 0.717) is 6.04 Å². The molecule has 0 saturated carbocycles. The minimum absolute atomic E-state index is 0.699. The summed E-state index contributed by atoms with van der Waals surface area (Å²) in [6, 6.07) is 7.03. The van der Waals surface area contributed by atoms with Gasteiger partial charge >= 0.3 is 0 Å². The highest BCUT2D eigenvalue weighted by Crippen LogP contribution is 2.22. The van der Waals surface area contributed by atoms with Crippen molar-refractivity contribution in [2.45, 2.75) is 25.9 Å². The first kappa shape index (κ1) is 13.9. The van der Waals surface area contributed by atoms with E-state index in [2.05, 4.69) is 28.9 Å². The fourth-order valence-corrected chi connectivity index (χ4v) is 3.31. The average Bonchev–Trinajstić information content (AvgIpc) is 2.92. The molecule has 0 aliphatic carbocycles. The summed E-state index contributed by atoms with van der Waals surface area (Å²) >= 11 is 0. The normalized spacial score (nSPS) is 25.1. The fraction of sp³-hybridized carbons (Fsp3) is 0.625. The third-order valence-corrected chi connectivity index (χ3v) is 4.50. The van der Waals surface area contributed by atoms with E-state index in [4.69, 9.17) is 10.5 Å². The molecule has 2 fully saturated rings. The minimum atomic E-state index is 0.699. The summed E-state index contributed by atoms with van der Waals surface area (Å²) in [5.41, 5.74) is 9.57. The minimum Gasteiger partial charge on any atom is -0.398 e. The third kappa shape index (κ3) is 3.14. The number of aryl methyl sites for hydroxylation is 1. The van der Waals surface area contributed by atoms with E-state index in [9.17, 15) is 0 Å². The molecule has 1 aromatic carbocycles. The first-order chi connectivity index (χ1) is 9.72. The number of anilines is 1. The largest absolute Gasteiger partial charge is 0.398 e. The zero-order valence-electron chi connectivity index (χ0n) is 12.3. The molecular weight excluding hydrogens is 250 g/mol. The van der Waals surface area contributed by atoms with E-state index in [1.807, 2.05) is 6.07 Å². The smallest absolute Gasteiger partial charge is 0.0594 e. The molecule has 0 aromatic heterocycles. The topological polar surface area (TPSA) is 41.7 Å². The SMILES string of the molecule is Cc1ccc(N)c(CN2CCC(N3CCOCC3)C2)c1. The van der Waals surface area contributed by atoms with Crippen LogP contribution in [0.2, 0.25) is 0 Å². The second-order valence-corrected chi connectivity index (χ2v) is 6.03. The van der Waals surface area contributed by atoms with Crippen molar-refractivity contribution in [2.24, 2.45) is 0 Å². The van der Waals surface area contributed by atoms with Gasteiger partial charge < -0.3 is 10.5 Å². The van der Waals surface area contributed by atoms with Gasteiger partial charge in [0.2, 0.25) is 0 Å². The van der Waals surface area contributed by atoms with Crippen LogP contribution in [-0.2, 0) is 11.3 Å². The Morgan fingerprint density at radius 1 is 1.25 bits per heavy atom. The third-order valence-electron chi connectivity index (χ3n) is 4.50. The summed E-state index contributed by atoms with van der Waals surface area (Å²) in [6.07, 6.45) is 1.27. The summed E-state index contributed by atoms with van der Waals surface area (Å²) < 4.78 is 5.44. The summed E-state index contributed by atoms with van der Waals surface area (Å²) in [5.74, 6) is 0. The Balaban J connectivity index is 1.58. The molecule has 1 unspecified atom stereocenters. The Kier molecular flexibility index (Phi) is 4.24. The molecule has 2 saturated heterocycles. The van der Waals surface area contributed by atoms with Crippen LogP contribution in [0.25, 0.3) is 0 Å². The zero-order valence-corrected chi connectivity index (χ0v) is 12.3. The predicted octanol–water partition coefficient (Wildman–Crippen LogP) is 1.48. The molecule has 2 aliphatic heterocycles. The van der Waals surface area contributed by atoms with Crippen molar-refractivity contribution in [3.63, 3.8) is 0 Å². The first-order valence-corrected chi connectivity index (χ1v) is 7.61. The van der Waals surface area contributed by atoms with Crippen molar-refractivity contribution in [3.05, 3.63) is 29.3 Å². The number of nitrogens with zero attached hydrogens (tertiary/aromatic N) is 2. The number of hydrogen-bond donors (Lipinski definition) is 1. The first-order valence-electron chi connectivity index (χ1n) is 7.61. The summed E-state index contributed by atoms with van der Waals surface area (Å²) in [5, 5.41) is 0. The van der Waals surface area contributed by atoms with Crippen LogP contribution in [-0.4, -0.2) is 55.2 Å². The van der Waals surface area contributed by atoms with Crippen LogP contribution in [0, 0.1) is 6.92 Å². The monoisotopic (exact) mass is 275 g/mol. The lowest BCUT2D eigenvalue weighted by molar-refractivity contribution is 0.0184. The van der Waals surface area contributed by atoms with E-state index >= 15 is 0 Å². The van der Waals surface area contributed by atoms with Gasteiger partial charge in [0.15, 0.2) is 0 Å². The van der Waals surface area contributed by atoms with Crippen LogP contribution in [0.4, 0.5) is 5.69 Å². The van der Waals surface area contributed by atoms with Crippen molar-refractivity contribution >= 4 is 5.69 Å². The van der Waals surface area contributed by atoms with Gasteiger partial charge in [-0.05, 0) is 25.0 Å². The Hall–Kier alpha value is -1.10. The highest BCUT2D eigenvalue weighted by atomic mass is 16.5. The Bertz CT molecular complexity index is 457. The maximum absolute atomic E-state index is 6.09. The fourth-order valence-electron chi connectivity index (χ4n) is 3.31. The van der Waals surface area contributed by atoms with E-state index in [1.165, 1.54) is 24.1 Å². The summed E-state index contributed by atoms with van der Waals surface area (Å²) in [4.78, 5) is 5.12. The Morgan fingerprint density at radius 2 is 2.05 bits per heavy atom. The van der Waals surface area contributed by atoms with Crippen molar-refractivity contribution < 1.29 is 4.74 Å². The van der Waals surface area contributed by atoms with E-state index < -0.39 is 0 Å².